The smallest absolute Gasteiger partial charge is 0.270 e. The van der Waals surface area contributed by atoms with Gasteiger partial charge < -0.3 is 14.2 Å². The van der Waals surface area contributed by atoms with E-state index in [1.165, 1.54) is 27.4 Å². The van der Waals surface area contributed by atoms with Gasteiger partial charge in [0.1, 0.15) is 12.4 Å². The Hall–Kier alpha value is -3.81. The van der Waals surface area contributed by atoms with Crippen molar-refractivity contribution in [3.05, 3.63) is 101 Å². The maximum absolute atomic E-state index is 13.1. The molecule has 0 spiro atoms. The standard InChI is InChI=1S/C28H19NO4S2/c30-27-26(35-28(34)29(27)21-10-13-24-25(15-21)33-17-32-24)14-18-8-11-22(12-9-18)31-16-20-6-3-5-19-4-1-2-7-23(19)20/h1-15H,16-17H2/b26-14+. The molecule has 172 valence electrons. The van der Waals surface area contributed by atoms with E-state index in [9.17, 15) is 4.79 Å². The van der Waals surface area contributed by atoms with Gasteiger partial charge in [-0.2, -0.15) is 0 Å². The summed E-state index contributed by atoms with van der Waals surface area (Å²) < 4.78 is 17.3. The summed E-state index contributed by atoms with van der Waals surface area (Å²) in [7, 11) is 0. The fourth-order valence-electron chi connectivity index (χ4n) is 4.11. The molecule has 0 atom stereocenters. The third-order valence-electron chi connectivity index (χ3n) is 5.86. The Labute approximate surface area is 211 Å². The molecule has 1 fully saturated rings. The Morgan fingerprint density at radius 1 is 0.943 bits per heavy atom. The van der Waals surface area contributed by atoms with Gasteiger partial charge in [-0.15, -0.1) is 0 Å². The number of thiocarbonyl (C=S) groups is 1. The van der Waals surface area contributed by atoms with E-state index in [-0.39, 0.29) is 12.7 Å². The lowest BCUT2D eigenvalue weighted by atomic mass is 10.1. The number of fused-ring (bicyclic) bond motifs is 2. The van der Waals surface area contributed by atoms with Crippen molar-refractivity contribution < 1.29 is 19.0 Å². The summed E-state index contributed by atoms with van der Waals surface area (Å²) in [6.45, 7) is 0.660. The average Bonchev–Trinajstić information content (AvgIpc) is 3.46. The highest BCUT2D eigenvalue weighted by Crippen LogP contribution is 2.40. The maximum Gasteiger partial charge on any atom is 0.270 e. The van der Waals surface area contributed by atoms with E-state index in [4.69, 9.17) is 26.4 Å². The first-order valence-corrected chi connectivity index (χ1v) is 12.3. The van der Waals surface area contributed by atoms with Gasteiger partial charge in [-0.1, -0.05) is 78.6 Å². The van der Waals surface area contributed by atoms with Crippen molar-refractivity contribution in [2.45, 2.75) is 6.61 Å². The Balaban J connectivity index is 1.16. The van der Waals surface area contributed by atoms with Crippen LogP contribution < -0.4 is 19.1 Å². The second kappa shape index (κ2) is 9.09. The molecule has 0 unspecified atom stereocenters. The first kappa shape index (κ1) is 21.7. The van der Waals surface area contributed by atoms with Crippen LogP contribution in [0.2, 0.25) is 0 Å². The van der Waals surface area contributed by atoms with Gasteiger partial charge in [-0.25, -0.2) is 0 Å². The molecule has 0 aliphatic carbocycles. The number of carbonyl (C=O) groups is 1. The van der Waals surface area contributed by atoms with Crippen LogP contribution in [-0.4, -0.2) is 17.0 Å². The minimum Gasteiger partial charge on any atom is -0.489 e. The third kappa shape index (κ3) is 4.24. The number of anilines is 1. The molecule has 0 radical (unpaired) electrons. The summed E-state index contributed by atoms with van der Waals surface area (Å²) in [5, 5.41) is 2.39. The Morgan fingerprint density at radius 3 is 2.63 bits per heavy atom. The minimum absolute atomic E-state index is 0.157. The molecular weight excluding hydrogens is 478 g/mol. The molecule has 2 aliphatic rings. The Kier molecular flexibility index (Phi) is 5.64. The molecule has 4 aromatic carbocycles. The average molecular weight is 498 g/mol. The summed E-state index contributed by atoms with van der Waals surface area (Å²) in [6, 6.07) is 27.6. The summed E-state index contributed by atoms with van der Waals surface area (Å²) in [5.41, 5.74) is 2.70. The molecule has 6 rings (SSSR count). The van der Waals surface area contributed by atoms with Crippen LogP contribution in [0.25, 0.3) is 16.8 Å². The van der Waals surface area contributed by atoms with Crippen LogP contribution in [-0.2, 0) is 11.4 Å². The number of thioether (sulfide) groups is 1. The Bertz CT molecular complexity index is 1490. The summed E-state index contributed by atoms with van der Waals surface area (Å²) in [4.78, 5) is 15.2. The predicted molar refractivity (Wildman–Crippen MR) is 143 cm³/mol. The van der Waals surface area contributed by atoms with E-state index < -0.39 is 0 Å². The van der Waals surface area contributed by atoms with Crippen molar-refractivity contribution in [2.24, 2.45) is 0 Å². The lowest BCUT2D eigenvalue weighted by molar-refractivity contribution is -0.113. The summed E-state index contributed by atoms with van der Waals surface area (Å²) in [6.07, 6.45) is 1.85. The SMILES string of the molecule is O=C1/C(=C\c2ccc(OCc3cccc4ccccc34)cc2)SC(=S)N1c1ccc2c(c1)OCO2. The number of hydrogen-bond acceptors (Lipinski definition) is 6. The molecule has 2 heterocycles. The highest BCUT2D eigenvalue weighted by atomic mass is 32.2. The highest BCUT2D eigenvalue weighted by Gasteiger charge is 2.34. The largest absolute Gasteiger partial charge is 0.489 e. The molecule has 0 saturated carbocycles. The van der Waals surface area contributed by atoms with Crippen molar-refractivity contribution in [2.75, 3.05) is 11.7 Å². The number of carbonyl (C=O) groups excluding carboxylic acids is 1. The monoisotopic (exact) mass is 497 g/mol. The van der Waals surface area contributed by atoms with Gasteiger partial charge in [-0.3, -0.25) is 9.69 Å². The lowest BCUT2D eigenvalue weighted by Crippen LogP contribution is -2.27. The van der Waals surface area contributed by atoms with Gasteiger partial charge in [0.15, 0.2) is 15.8 Å². The van der Waals surface area contributed by atoms with Crippen LogP contribution in [0.5, 0.6) is 17.2 Å². The zero-order valence-corrected chi connectivity index (χ0v) is 20.1. The van der Waals surface area contributed by atoms with E-state index in [1.54, 1.807) is 12.1 Å². The molecule has 7 heteroatoms. The second-order valence-corrected chi connectivity index (χ2v) is 9.73. The highest BCUT2D eigenvalue weighted by molar-refractivity contribution is 8.27. The quantitative estimate of drug-likeness (QED) is 0.230. The minimum atomic E-state index is -0.157. The molecule has 0 aromatic heterocycles. The first-order chi connectivity index (χ1) is 17.2. The van der Waals surface area contributed by atoms with Crippen LogP contribution in [0.4, 0.5) is 5.69 Å². The molecule has 5 nitrogen and oxygen atoms in total. The van der Waals surface area contributed by atoms with Crippen molar-refractivity contribution in [3.63, 3.8) is 0 Å². The topological polar surface area (TPSA) is 48.0 Å². The van der Waals surface area contributed by atoms with Crippen molar-refractivity contribution in [1.82, 2.24) is 0 Å². The van der Waals surface area contributed by atoms with Crippen molar-refractivity contribution in [1.29, 1.82) is 0 Å². The van der Waals surface area contributed by atoms with Crippen molar-refractivity contribution >= 4 is 56.7 Å². The van der Waals surface area contributed by atoms with Gasteiger partial charge in [0.2, 0.25) is 6.79 Å². The van der Waals surface area contributed by atoms with Crippen LogP contribution in [0, 0.1) is 0 Å². The van der Waals surface area contributed by atoms with E-state index >= 15 is 0 Å². The molecular formula is C28H19NO4S2. The van der Waals surface area contributed by atoms with Gasteiger partial charge in [-0.05, 0) is 52.2 Å². The number of hydrogen-bond donors (Lipinski definition) is 0. The van der Waals surface area contributed by atoms with Gasteiger partial charge in [0.05, 0.1) is 10.6 Å². The van der Waals surface area contributed by atoms with Gasteiger partial charge >= 0.3 is 0 Å². The third-order valence-corrected chi connectivity index (χ3v) is 7.16. The molecule has 4 aromatic rings. The molecule has 2 aliphatic heterocycles. The summed E-state index contributed by atoms with van der Waals surface area (Å²) >= 11 is 6.77. The van der Waals surface area contributed by atoms with Crippen LogP contribution >= 0.6 is 24.0 Å². The number of benzene rings is 4. The molecule has 1 amide bonds. The lowest BCUT2D eigenvalue weighted by Gasteiger charge is -2.14. The second-order valence-electron chi connectivity index (χ2n) is 8.05. The van der Waals surface area contributed by atoms with Gasteiger partial charge in [0.25, 0.3) is 5.91 Å². The molecule has 0 N–H and O–H groups in total. The van der Waals surface area contributed by atoms with E-state index in [0.29, 0.717) is 33.0 Å². The zero-order chi connectivity index (χ0) is 23.8. The van der Waals surface area contributed by atoms with Crippen LogP contribution in [0.3, 0.4) is 0 Å². The predicted octanol–water partition coefficient (Wildman–Crippen LogP) is 6.55. The number of rotatable bonds is 5. The van der Waals surface area contributed by atoms with Crippen LogP contribution in [0.1, 0.15) is 11.1 Å². The fraction of sp³-hybridized carbons (Fsp3) is 0.0714. The number of ether oxygens (including phenoxy) is 3. The van der Waals surface area contributed by atoms with E-state index in [0.717, 1.165) is 16.9 Å². The Morgan fingerprint density at radius 2 is 1.74 bits per heavy atom. The number of amides is 1. The molecule has 35 heavy (non-hydrogen) atoms. The first-order valence-electron chi connectivity index (χ1n) is 11.0. The number of nitrogens with zero attached hydrogens (tertiary/aromatic N) is 1. The van der Waals surface area contributed by atoms with Crippen LogP contribution in [0.15, 0.2) is 89.8 Å². The maximum atomic E-state index is 13.1. The normalized spacial score (nSPS) is 15.9. The fourth-order valence-corrected chi connectivity index (χ4v) is 5.40. The summed E-state index contributed by atoms with van der Waals surface area (Å²) in [5.74, 6) is 1.88. The molecule has 1 saturated heterocycles. The van der Waals surface area contributed by atoms with E-state index in [1.807, 2.05) is 54.6 Å². The zero-order valence-electron chi connectivity index (χ0n) is 18.5. The van der Waals surface area contributed by atoms with E-state index in [2.05, 4.69) is 24.3 Å². The van der Waals surface area contributed by atoms with Gasteiger partial charge in [0, 0.05) is 6.07 Å². The molecule has 0 bridgehead atoms. The van der Waals surface area contributed by atoms with Crippen molar-refractivity contribution in [3.8, 4) is 17.2 Å².